The first kappa shape index (κ1) is 27.4. The Labute approximate surface area is 249 Å². The number of carbonyl (C=O) groups is 1. The lowest BCUT2D eigenvalue weighted by Gasteiger charge is -2.38. The van der Waals surface area contributed by atoms with Crippen LogP contribution in [-0.4, -0.2) is 80.1 Å². The third kappa shape index (κ3) is 5.20. The second-order valence-corrected chi connectivity index (χ2v) is 11.1. The summed E-state index contributed by atoms with van der Waals surface area (Å²) < 4.78 is 3.67. The third-order valence-electron chi connectivity index (χ3n) is 7.60. The average molecular weight is 580 g/mol. The molecule has 1 aromatic carbocycles. The van der Waals surface area contributed by atoms with Crippen molar-refractivity contribution in [2.45, 2.75) is 6.04 Å². The van der Waals surface area contributed by atoms with Gasteiger partial charge >= 0.3 is 0 Å². The van der Waals surface area contributed by atoms with Crippen LogP contribution in [0, 0.1) is 11.3 Å². The van der Waals surface area contributed by atoms with Gasteiger partial charge in [-0.1, -0.05) is 23.7 Å². The molecule has 0 unspecified atom stereocenters. The molecule has 11 heteroatoms. The molecule has 1 aliphatic rings. The number of hydrogen-bond donors (Lipinski definition) is 0. The number of aromatic nitrogens is 5. The number of nitriles is 1. The van der Waals surface area contributed by atoms with Crippen molar-refractivity contribution in [1.29, 1.82) is 5.26 Å². The topological polar surface area (TPSA) is 98.6 Å². The molecule has 0 radical (unpaired) electrons. The predicted octanol–water partition coefficient (Wildman–Crippen LogP) is 4.27. The largest absolute Gasteiger partial charge is 0.357 e. The molecule has 6 rings (SSSR count). The Morgan fingerprint density at radius 2 is 1.86 bits per heavy atom. The summed E-state index contributed by atoms with van der Waals surface area (Å²) in [5.74, 6) is 0.891. The Hall–Kier alpha value is -4.72. The van der Waals surface area contributed by atoms with E-state index < -0.39 is 6.04 Å². The van der Waals surface area contributed by atoms with Crippen molar-refractivity contribution in [3.63, 3.8) is 0 Å². The molecule has 0 spiro atoms. The number of anilines is 1. The summed E-state index contributed by atoms with van der Waals surface area (Å²) >= 11 is 6.22. The Kier molecular flexibility index (Phi) is 7.37. The maximum atomic E-state index is 13.5. The standard InChI is InChI=1S/C31H30ClN9O/c1-37(2)30(21-5-4-6-25(32)15-21)31(42)40-13-11-39(12-14-40)27-8-7-22(17-34-27)28-29-24(16-33)18-35-41(29)20-26(36-28)23-9-10-38(3)19-23/h4-10,15,17-20,30H,11-14H2,1-3H3/t30-/m0/s1. The van der Waals surface area contributed by atoms with Gasteiger partial charge in [0.1, 0.15) is 29.0 Å². The van der Waals surface area contributed by atoms with Gasteiger partial charge in [-0.15, -0.1) is 0 Å². The molecule has 0 saturated carbocycles. The average Bonchev–Trinajstić information content (AvgIpc) is 3.63. The molecule has 1 saturated heterocycles. The van der Waals surface area contributed by atoms with Crippen molar-refractivity contribution in [3.05, 3.63) is 89.6 Å². The van der Waals surface area contributed by atoms with Gasteiger partial charge < -0.3 is 14.4 Å². The van der Waals surface area contributed by atoms with Gasteiger partial charge in [0.05, 0.1) is 23.8 Å². The van der Waals surface area contributed by atoms with E-state index in [1.165, 1.54) is 0 Å². The number of nitrogens with zero attached hydrogens (tertiary/aromatic N) is 9. The second-order valence-electron chi connectivity index (χ2n) is 10.6. The zero-order chi connectivity index (χ0) is 29.4. The number of carbonyl (C=O) groups excluding carboxylic acids is 1. The first-order chi connectivity index (χ1) is 20.3. The fourth-order valence-corrected chi connectivity index (χ4v) is 5.67. The number of piperazine rings is 1. The summed E-state index contributed by atoms with van der Waals surface area (Å²) in [6, 6.07) is 15.3. The number of rotatable bonds is 6. The molecule has 0 bridgehead atoms. The number of pyridine rings is 1. The van der Waals surface area contributed by atoms with Crippen LogP contribution >= 0.6 is 11.6 Å². The van der Waals surface area contributed by atoms with Crippen LogP contribution in [-0.2, 0) is 11.8 Å². The summed E-state index contributed by atoms with van der Waals surface area (Å²) in [6.45, 7) is 2.52. The molecule has 4 aromatic heterocycles. The zero-order valence-corrected chi connectivity index (χ0v) is 24.4. The maximum absolute atomic E-state index is 13.5. The van der Waals surface area contributed by atoms with Gasteiger partial charge in [-0.25, -0.2) is 14.5 Å². The molecule has 10 nitrogen and oxygen atoms in total. The molecule has 0 aliphatic carbocycles. The molecule has 1 amide bonds. The number of likely N-dealkylation sites (N-methyl/N-ethyl adjacent to an activating group) is 1. The number of halogens is 1. The summed E-state index contributed by atoms with van der Waals surface area (Å²) in [5.41, 5.74) is 5.14. The van der Waals surface area contributed by atoms with Gasteiger partial charge in [-0.3, -0.25) is 9.69 Å². The van der Waals surface area contributed by atoms with E-state index >= 15 is 0 Å². The van der Waals surface area contributed by atoms with Crippen LogP contribution in [0.1, 0.15) is 17.2 Å². The van der Waals surface area contributed by atoms with Crippen LogP contribution in [0.5, 0.6) is 0 Å². The van der Waals surface area contributed by atoms with E-state index in [4.69, 9.17) is 21.6 Å². The Morgan fingerprint density at radius 1 is 1.05 bits per heavy atom. The van der Waals surface area contributed by atoms with Crippen LogP contribution in [0.3, 0.4) is 0 Å². The second kappa shape index (κ2) is 11.3. The van der Waals surface area contributed by atoms with Gasteiger partial charge in [0.25, 0.3) is 0 Å². The predicted molar refractivity (Wildman–Crippen MR) is 162 cm³/mol. The minimum absolute atomic E-state index is 0.0627. The number of hydrogen-bond acceptors (Lipinski definition) is 7. The molecule has 5 aromatic rings. The summed E-state index contributed by atoms with van der Waals surface area (Å²) in [6.07, 6.45) is 9.15. The molecule has 212 valence electrons. The number of aryl methyl sites for hydroxylation is 1. The molecule has 0 N–H and O–H groups in total. The van der Waals surface area contributed by atoms with Gasteiger partial charge in [-0.2, -0.15) is 10.4 Å². The van der Waals surface area contributed by atoms with Crippen molar-refractivity contribution in [3.8, 4) is 28.6 Å². The number of amides is 1. The lowest BCUT2D eigenvalue weighted by Crippen LogP contribution is -2.51. The summed E-state index contributed by atoms with van der Waals surface area (Å²) in [4.78, 5) is 29.3. The van der Waals surface area contributed by atoms with Crippen LogP contribution < -0.4 is 4.90 Å². The summed E-state index contributed by atoms with van der Waals surface area (Å²) in [5, 5.41) is 14.7. The van der Waals surface area contributed by atoms with E-state index in [1.807, 2.05) is 96.6 Å². The van der Waals surface area contributed by atoms with Crippen molar-refractivity contribution >= 4 is 28.8 Å². The van der Waals surface area contributed by atoms with Crippen LogP contribution in [0.4, 0.5) is 5.82 Å². The Balaban J connectivity index is 1.21. The highest BCUT2D eigenvalue weighted by molar-refractivity contribution is 6.30. The third-order valence-corrected chi connectivity index (χ3v) is 7.83. The monoisotopic (exact) mass is 579 g/mol. The lowest BCUT2D eigenvalue weighted by molar-refractivity contribution is -0.136. The van der Waals surface area contributed by atoms with Gasteiger partial charge in [0, 0.05) is 68.0 Å². The van der Waals surface area contributed by atoms with Crippen molar-refractivity contribution in [2.24, 2.45) is 7.05 Å². The Bertz CT molecular complexity index is 1790. The van der Waals surface area contributed by atoms with Gasteiger partial charge in [-0.05, 0) is 50.0 Å². The molecular weight excluding hydrogens is 550 g/mol. The molecule has 42 heavy (non-hydrogen) atoms. The van der Waals surface area contributed by atoms with Crippen molar-refractivity contribution < 1.29 is 4.79 Å². The normalized spacial score (nSPS) is 14.4. The first-order valence-corrected chi connectivity index (χ1v) is 14.0. The molecule has 1 atom stereocenters. The van der Waals surface area contributed by atoms with Crippen LogP contribution in [0.25, 0.3) is 28.0 Å². The molecule has 1 aliphatic heterocycles. The Morgan fingerprint density at radius 3 is 2.50 bits per heavy atom. The fraction of sp³-hybridized carbons (Fsp3) is 0.258. The minimum Gasteiger partial charge on any atom is -0.357 e. The molecular formula is C31H30ClN9O. The van der Waals surface area contributed by atoms with E-state index in [-0.39, 0.29) is 5.91 Å². The van der Waals surface area contributed by atoms with E-state index in [1.54, 1.807) is 16.9 Å². The highest BCUT2D eigenvalue weighted by Gasteiger charge is 2.30. The first-order valence-electron chi connectivity index (χ1n) is 13.7. The zero-order valence-electron chi connectivity index (χ0n) is 23.6. The van der Waals surface area contributed by atoms with E-state index in [9.17, 15) is 10.1 Å². The SMILES string of the molecule is CN(C)[C@H](C(=O)N1CCN(c2ccc(-c3nc(-c4ccn(C)c4)cn4ncc(C#N)c34)cn2)CC1)c1cccc(Cl)c1. The lowest BCUT2D eigenvalue weighted by atomic mass is 10.0. The summed E-state index contributed by atoms with van der Waals surface area (Å²) in [7, 11) is 5.78. The fourth-order valence-electron chi connectivity index (χ4n) is 5.47. The van der Waals surface area contributed by atoms with E-state index in [0.717, 1.165) is 28.2 Å². The van der Waals surface area contributed by atoms with Gasteiger partial charge in [0.2, 0.25) is 5.91 Å². The van der Waals surface area contributed by atoms with Crippen molar-refractivity contribution in [1.82, 2.24) is 33.9 Å². The maximum Gasteiger partial charge on any atom is 0.244 e. The van der Waals surface area contributed by atoms with Crippen LogP contribution in [0.15, 0.2) is 73.4 Å². The quantitative estimate of drug-likeness (QED) is 0.296. The van der Waals surface area contributed by atoms with Crippen molar-refractivity contribution in [2.75, 3.05) is 45.2 Å². The smallest absolute Gasteiger partial charge is 0.244 e. The van der Waals surface area contributed by atoms with Crippen LogP contribution in [0.2, 0.25) is 5.02 Å². The van der Waals surface area contributed by atoms with E-state index in [0.29, 0.717) is 48.0 Å². The van der Waals surface area contributed by atoms with Gasteiger partial charge in [0.15, 0.2) is 0 Å². The minimum atomic E-state index is -0.398. The molecule has 1 fully saturated rings. The highest BCUT2D eigenvalue weighted by atomic mass is 35.5. The highest BCUT2D eigenvalue weighted by Crippen LogP contribution is 2.30. The van der Waals surface area contributed by atoms with E-state index in [2.05, 4.69) is 16.1 Å². The number of fused-ring (bicyclic) bond motifs is 1. The molecule has 5 heterocycles. The number of benzene rings is 1.